The molecule has 0 aromatic heterocycles. The van der Waals surface area contributed by atoms with Crippen molar-refractivity contribution in [2.45, 2.75) is 5.92 Å². The highest BCUT2D eigenvalue weighted by Crippen LogP contribution is 2.45. The number of aromatic hydroxyl groups is 1. The highest BCUT2D eigenvalue weighted by molar-refractivity contribution is 6.13. The number of phenols is 1. The van der Waals surface area contributed by atoms with Crippen LogP contribution in [0.1, 0.15) is 17.0 Å². The Kier molecular flexibility index (Phi) is 3.05. The first-order valence-electron chi connectivity index (χ1n) is 6.49. The lowest BCUT2D eigenvalue weighted by molar-refractivity contribution is -0.128. The smallest absolute Gasteiger partial charge is 0.206 e. The molecule has 0 saturated carbocycles. The fourth-order valence-electron chi connectivity index (χ4n) is 2.89. The van der Waals surface area contributed by atoms with E-state index in [0.717, 1.165) is 0 Å². The third-order valence-electron chi connectivity index (χ3n) is 3.90. The molecule has 0 saturated heterocycles. The standard InChI is InChI=1S/C16H14O5/c1-20-9-5-8-3-4-10-11(17)7-13(21-2)16(19)15(10)14(8)12(18)6-9/h3-7,10,15,18H,1-2H3/t10-,15-/m0/s1. The van der Waals surface area contributed by atoms with Gasteiger partial charge in [0.15, 0.2) is 11.5 Å². The van der Waals surface area contributed by atoms with E-state index in [-0.39, 0.29) is 23.1 Å². The number of ketones is 2. The number of hydrogen-bond donors (Lipinski definition) is 1. The van der Waals surface area contributed by atoms with Gasteiger partial charge in [-0.25, -0.2) is 0 Å². The van der Waals surface area contributed by atoms with Crippen LogP contribution in [0.15, 0.2) is 30.0 Å². The van der Waals surface area contributed by atoms with Crippen molar-refractivity contribution >= 4 is 17.6 Å². The Bertz CT molecular complexity index is 699. The van der Waals surface area contributed by atoms with E-state index < -0.39 is 11.8 Å². The Balaban J connectivity index is 2.19. The molecule has 21 heavy (non-hydrogen) atoms. The van der Waals surface area contributed by atoms with Crippen LogP contribution in [0.3, 0.4) is 0 Å². The highest BCUT2D eigenvalue weighted by Gasteiger charge is 2.43. The van der Waals surface area contributed by atoms with Gasteiger partial charge in [0, 0.05) is 17.7 Å². The van der Waals surface area contributed by atoms with Crippen molar-refractivity contribution in [2.75, 3.05) is 14.2 Å². The van der Waals surface area contributed by atoms with Crippen LogP contribution < -0.4 is 4.74 Å². The quantitative estimate of drug-likeness (QED) is 0.897. The molecule has 108 valence electrons. The molecule has 5 heteroatoms. The summed E-state index contributed by atoms with van der Waals surface area (Å²) in [5.41, 5.74) is 1.12. The molecule has 0 spiro atoms. The van der Waals surface area contributed by atoms with Crippen molar-refractivity contribution in [2.24, 2.45) is 5.92 Å². The van der Waals surface area contributed by atoms with E-state index in [1.165, 1.54) is 26.4 Å². The third-order valence-corrected chi connectivity index (χ3v) is 3.90. The van der Waals surface area contributed by atoms with Crippen LogP contribution in [0.5, 0.6) is 11.5 Å². The van der Waals surface area contributed by atoms with Crippen LogP contribution in [-0.2, 0) is 14.3 Å². The van der Waals surface area contributed by atoms with Crippen molar-refractivity contribution in [3.05, 3.63) is 41.2 Å². The summed E-state index contributed by atoms with van der Waals surface area (Å²) >= 11 is 0. The van der Waals surface area contributed by atoms with Crippen LogP contribution >= 0.6 is 0 Å². The minimum atomic E-state index is -0.747. The number of hydrogen-bond acceptors (Lipinski definition) is 5. The Hall–Kier alpha value is -2.56. The van der Waals surface area contributed by atoms with Gasteiger partial charge in [-0.15, -0.1) is 0 Å². The minimum Gasteiger partial charge on any atom is -0.507 e. The Morgan fingerprint density at radius 3 is 2.57 bits per heavy atom. The minimum absolute atomic E-state index is 0.0257. The molecule has 1 aromatic carbocycles. The molecule has 0 heterocycles. The first-order valence-corrected chi connectivity index (χ1v) is 6.49. The summed E-state index contributed by atoms with van der Waals surface area (Å²) < 4.78 is 10.1. The Morgan fingerprint density at radius 1 is 1.14 bits per heavy atom. The van der Waals surface area contributed by atoms with Gasteiger partial charge in [0.2, 0.25) is 5.78 Å². The fourth-order valence-corrected chi connectivity index (χ4v) is 2.89. The van der Waals surface area contributed by atoms with Gasteiger partial charge in [-0.05, 0) is 11.6 Å². The number of carbonyl (C=O) groups is 2. The van der Waals surface area contributed by atoms with Gasteiger partial charge in [0.05, 0.1) is 26.1 Å². The molecule has 5 nitrogen and oxygen atoms in total. The molecule has 2 atom stereocenters. The molecule has 1 N–H and O–H groups in total. The Labute approximate surface area is 121 Å². The van der Waals surface area contributed by atoms with Gasteiger partial charge in [-0.3, -0.25) is 9.59 Å². The number of Topliss-reactive ketones (excluding diaryl/α,β-unsaturated/α-hetero) is 1. The molecule has 2 aliphatic rings. The van der Waals surface area contributed by atoms with E-state index in [0.29, 0.717) is 16.9 Å². The topological polar surface area (TPSA) is 72.8 Å². The van der Waals surface area contributed by atoms with Crippen molar-refractivity contribution in [1.82, 2.24) is 0 Å². The van der Waals surface area contributed by atoms with Crippen LogP contribution in [0.4, 0.5) is 0 Å². The van der Waals surface area contributed by atoms with E-state index in [4.69, 9.17) is 9.47 Å². The number of phenolic OH excluding ortho intramolecular Hbond substituents is 1. The van der Waals surface area contributed by atoms with Crippen LogP contribution in [0, 0.1) is 5.92 Å². The first kappa shape index (κ1) is 13.4. The SMILES string of the molecule is COC1=CC(=O)[C@@H]2C=Cc3cc(OC)cc(O)c3[C@H]2C1=O. The zero-order valence-electron chi connectivity index (χ0n) is 11.6. The lowest BCUT2D eigenvalue weighted by Crippen LogP contribution is -2.34. The molecular weight excluding hydrogens is 272 g/mol. The summed E-state index contributed by atoms with van der Waals surface area (Å²) in [6.45, 7) is 0. The van der Waals surface area contributed by atoms with Gasteiger partial charge >= 0.3 is 0 Å². The molecule has 0 unspecified atom stereocenters. The summed E-state index contributed by atoms with van der Waals surface area (Å²) in [4.78, 5) is 24.6. The maximum atomic E-state index is 12.5. The lowest BCUT2D eigenvalue weighted by atomic mass is 9.71. The fraction of sp³-hybridized carbons (Fsp3) is 0.250. The predicted octanol–water partition coefficient (Wildman–Crippen LogP) is 1.81. The van der Waals surface area contributed by atoms with Crippen molar-refractivity contribution in [1.29, 1.82) is 0 Å². The van der Waals surface area contributed by atoms with E-state index in [9.17, 15) is 14.7 Å². The molecule has 0 amide bonds. The van der Waals surface area contributed by atoms with E-state index in [1.807, 2.05) is 0 Å². The van der Waals surface area contributed by atoms with E-state index >= 15 is 0 Å². The summed E-state index contributed by atoms with van der Waals surface area (Å²) in [5.74, 6) is -1.38. The summed E-state index contributed by atoms with van der Waals surface area (Å²) in [6, 6.07) is 3.17. The zero-order chi connectivity index (χ0) is 15.1. The molecule has 0 bridgehead atoms. The number of fused-ring (bicyclic) bond motifs is 3. The highest BCUT2D eigenvalue weighted by atomic mass is 16.5. The molecule has 2 aliphatic carbocycles. The molecule has 0 fully saturated rings. The average Bonchev–Trinajstić information content (AvgIpc) is 2.49. The van der Waals surface area contributed by atoms with Gasteiger partial charge in [0.25, 0.3) is 0 Å². The van der Waals surface area contributed by atoms with Gasteiger partial charge in [-0.1, -0.05) is 12.2 Å². The maximum Gasteiger partial charge on any atom is 0.206 e. The largest absolute Gasteiger partial charge is 0.507 e. The normalized spacial score (nSPS) is 23.2. The predicted molar refractivity (Wildman–Crippen MR) is 75.0 cm³/mol. The van der Waals surface area contributed by atoms with Crippen molar-refractivity contribution in [3.8, 4) is 11.5 Å². The second kappa shape index (κ2) is 4.77. The number of methoxy groups -OCH3 is 2. The van der Waals surface area contributed by atoms with Crippen LogP contribution in [0.25, 0.3) is 6.08 Å². The lowest BCUT2D eigenvalue weighted by Gasteiger charge is -2.31. The van der Waals surface area contributed by atoms with Crippen molar-refractivity contribution in [3.63, 3.8) is 0 Å². The third kappa shape index (κ3) is 1.93. The molecule has 0 aliphatic heterocycles. The monoisotopic (exact) mass is 286 g/mol. The second-order valence-electron chi connectivity index (χ2n) is 4.99. The van der Waals surface area contributed by atoms with E-state index in [1.54, 1.807) is 18.2 Å². The molecular formula is C16H14O5. The van der Waals surface area contributed by atoms with Crippen molar-refractivity contribution < 1.29 is 24.2 Å². The number of benzene rings is 1. The summed E-state index contributed by atoms with van der Waals surface area (Å²) in [5, 5.41) is 10.2. The van der Waals surface area contributed by atoms with Crippen LogP contribution in [0.2, 0.25) is 0 Å². The number of allylic oxidation sites excluding steroid dienone is 3. The average molecular weight is 286 g/mol. The Morgan fingerprint density at radius 2 is 1.90 bits per heavy atom. The maximum absolute atomic E-state index is 12.5. The summed E-state index contributed by atoms with van der Waals surface area (Å²) in [6.07, 6.45) is 4.64. The van der Waals surface area contributed by atoms with E-state index in [2.05, 4.69) is 0 Å². The molecule has 1 aromatic rings. The summed E-state index contributed by atoms with van der Waals surface area (Å²) in [7, 11) is 2.85. The van der Waals surface area contributed by atoms with Crippen LogP contribution in [-0.4, -0.2) is 30.9 Å². The molecule has 0 radical (unpaired) electrons. The second-order valence-corrected chi connectivity index (χ2v) is 4.99. The molecule has 3 rings (SSSR count). The van der Waals surface area contributed by atoms with Gasteiger partial charge in [0.1, 0.15) is 11.5 Å². The number of rotatable bonds is 2. The van der Waals surface area contributed by atoms with Gasteiger partial charge < -0.3 is 14.6 Å². The van der Waals surface area contributed by atoms with Gasteiger partial charge in [-0.2, -0.15) is 0 Å². The first-order chi connectivity index (χ1) is 10.1. The number of ether oxygens (including phenoxy) is 2. The number of carbonyl (C=O) groups excluding carboxylic acids is 2. The zero-order valence-corrected chi connectivity index (χ0v) is 11.6.